The van der Waals surface area contributed by atoms with Crippen LogP contribution in [0.15, 0.2) is 0 Å². The second kappa shape index (κ2) is 7.75. The lowest BCUT2D eigenvalue weighted by molar-refractivity contribution is -0.118. The van der Waals surface area contributed by atoms with Gasteiger partial charge >= 0.3 is 6.09 Å². The van der Waals surface area contributed by atoms with Gasteiger partial charge < -0.3 is 35.2 Å². The van der Waals surface area contributed by atoms with Crippen molar-refractivity contribution in [3.63, 3.8) is 0 Å². The van der Waals surface area contributed by atoms with Crippen molar-refractivity contribution in [2.45, 2.75) is 50.8 Å². The van der Waals surface area contributed by atoms with Crippen LogP contribution >= 0.6 is 0 Å². The van der Waals surface area contributed by atoms with Gasteiger partial charge in [0.2, 0.25) is 0 Å². The van der Waals surface area contributed by atoms with Crippen LogP contribution in [0.2, 0.25) is 0 Å². The molecule has 1 amide bonds. The van der Waals surface area contributed by atoms with Crippen molar-refractivity contribution in [1.29, 1.82) is 0 Å². The second-order valence-electron chi connectivity index (χ2n) is 5.66. The summed E-state index contributed by atoms with van der Waals surface area (Å²) >= 11 is 0. The van der Waals surface area contributed by atoms with Gasteiger partial charge in [0.1, 0.15) is 30.0 Å². The van der Waals surface area contributed by atoms with Crippen LogP contribution in [0.5, 0.6) is 0 Å². The minimum Gasteiger partial charge on any atom is -0.444 e. The predicted molar refractivity (Wildman–Crippen MR) is 70.0 cm³/mol. The number of amides is 1. The van der Waals surface area contributed by atoms with Crippen molar-refractivity contribution in [3.05, 3.63) is 0 Å². The first-order valence-corrected chi connectivity index (χ1v) is 6.26. The van der Waals surface area contributed by atoms with Gasteiger partial charge in [-0.1, -0.05) is 0 Å². The van der Waals surface area contributed by atoms with Gasteiger partial charge in [-0.05, 0) is 20.8 Å². The first kappa shape index (κ1) is 19.1. The molecular formula is C12H25NO7. The van der Waals surface area contributed by atoms with Crippen molar-refractivity contribution < 1.29 is 35.1 Å². The first-order valence-electron chi connectivity index (χ1n) is 6.26. The molecule has 0 aromatic heterocycles. The summed E-state index contributed by atoms with van der Waals surface area (Å²) in [7, 11) is 1.36. The summed E-state index contributed by atoms with van der Waals surface area (Å²) in [6, 6.07) is 0. The van der Waals surface area contributed by atoms with E-state index in [0.29, 0.717) is 0 Å². The predicted octanol–water partition coefficient (Wildman–Crippen LogP) is -1.71. The van der Waals surface area contributed by atoms with E-state index in [0.717, 1.165) is 4.90 Å². The van der Waals surface area contributed by atoms with E-state index in [-0.39, 0.29) is 6.54 Å². The van der Waals surface area contributed by atoms with Crippen molar-refractivity contribution in [2.24, 2.45) is 0 Å². The van der Waals surface area contributed by atoms with Crippen LogP contribution in [-0.4, -0.2) is 86.7 Å². The molecule has 0 saturated carbocycles. The number of hydrogen-bond donors (Lipinski definition) is 5. The molecule has 4 atom stereocenters. The topological polar surface area (TPSA) is 131 Å². The Morgan fingerprint density at radius 1 is 1.10 bits per heavy atom. The smallest absolute Gasteiger partial charge is 0.410 e. The van der Waals surface area contributed by atoms with Crippen LogP contribution in [0.25, 0.3) is 0 Å². The number of likely N-dealkylation sites (N-methyl/N-ethyl adjacent to an activating group) is 1. The Balaban J connectivity index is 4.44. The van der Waals surface area contributed by atoms with Crippen LogP contribution < -0.4 is 0 Å². The maximum Gasteiger partial charge on any atom is 0.410 e. The molecule has 5 N–H and O–H groups in total. The van der Waals surface area contributed by atoms with Gasteiger partial charge in [-0.3, -0.25) is 0 Å². The highest BCUT2D eigenvalue weighted by atomic mass is 16.6. The average molecular weight is 295 g/mol. The van der Waals surface area contributed by atoms with E-state index < -0.39 is 42.7 Å². The van der Waals surface area contributed by atoms with Gasteiger partial charge in [-0.15, -0.1) is 0 Å². The molecule has 0 radical (unpaired) electrons. The number of aliphatic hydroxyl groups is 5. The van der Waals surface area contributed by atoms with E-state index in [4.69, 9.17) is 14.9 Å². The summed E-state index contributed by atoms with van der Waals surface area (Å²) in [6.45, 7) is 4.00. The van der Waals surface area contributed by atoms with Gasteiger partial charge in [-0.2, -0.15) is 0 Å². The third-order valence-electron chi connectivity index (χ3n) is 2.49. The third-order valence-corrected chi connectivity index (χ3v) is 2.49. The number of carbonyl (C=O) groups is 1. The lowest BCUT2D eigenvalue weighted by atomic mass is 10.0. The molecule has 4 unspecified atom stereocenters. The first-order chi connectivity index (χ1) is 8.99. The Morgan fingerprint density at radius 3 is 1.95 bits per heavy atom. The lowest BCUT2D eigenvalue weighted by Crippen LogP contribution is -2.50. The summed E-state index contributed by atoms with van der Waals surface area (Å²) in [5, 5.41) is 46.6. The largest absolute Gasteiger partial charge is 0.444 e. The van der Waals surface area contributed by atoms with Gasteiger partial charge in [-0.25, -0.2) is 4.79 Å². The highest BCUT2D eigenvalue weighted by molar-refractivity contribution is 5.67. The van der Waals surface area contributed by atoms with E-state index >= 15 is 0 Å². The Morgan fingerprint density at radius 2 is 1.55 bits per heavy atom. The van der Waals surface area contributed by atoms with Gasteiger partial charge in [0, 0.05) is 7.05 Å². The number of aliphatic hydroxyl groups excluding tert-OH is 5. The van der Waals surface area contributed by atoms with Gasteiger partial charge in [0.05, 0.1) is 13.2 Å². The molecule has 8 nitrogen and oxygen atoms in total. The van der Waals surface area contributed by atoms with Crippen LogP contribution in [0, 0.1) is 0 Å². The molecule has 0 rings (SSSR count). The number of nitrogens with zero attached hydrogens (tertiary/aromatic N) is 1. The van der Waals surface area contributed by atoms with Crippen LogP contribution in [-0.2, 0) is 4.74 Å². The summed E-state index contributed by atoms with van der Waals surface area (Å²) in [5.41, 5.74) is -0.693. The van der Waals surface area contributed by atoms with Crippen LogP contribution in [0.4, 0.5) is 4.79 Å². The molecular weight excluding hydrogens is 270 g/mol. The molecule has 0 saturated heterocycles. The maximum absolute atomic E-state index is 11.6. The van der Waals surface area contributed by atoms with Crippen molar-refractivity contribution in [3.8, 4) is 0 Å². The fourth-order valence-electron chi connectivity index (χ4n) is 1.37. The molecule has 0 aliphatic rings. The Hall–Kier alpha value is -0.930. The highest BCUT2D eigenvalue weighted by Crippen LogP contribution is 2.11. The molecule has 0 aliphatic carbocycles. The number of ether oxygens (including phenoxy) is 1. The zero-order valence-corrected chi connectivity index (χ0v) is 12.2. The molecule has 0 aromatic carbocycles. The molecule has 0 heterocycles. The van der Waals surface area contributed by atoms with Crippen LogP contribution in [0.3, 0.4) is 0 Å². The normalized spacial score (nSPS) is 18.1. The summed E-state index contributed by atoms with van der Waals surface area (Å²) in [6.07, 6.45) is -7.19. The zero-order valence-electron chi connectivity index (χ0n) is 12.2. The minimum atomic E-state index is -1.72. The Labute approximate surface area is 118 Å². The van der Waals surface area contributed by atoms with E-state index in [1.54, 1.807) is 20.8 Å². The Bertz CT molecular complexity index is 305. The molecule has 0 spiro atoms. The summed E-state index contributed by atoms with van der Waals surface area (Å²) in [4.78, 5) is 12.7. The van der Waals surface area contributed by atoms with E-state index in [1.807, 2.05) is 0 Å². The Kier molecular flexibility index (Phi) is 7.39. The zero-order chi connectivity index (χ0) is 16.1. The molecule has 0 bridgehead atoms. The number of carbonyl (C=O) groups excluding carboxylic acids is 1. The molecule has 0 aromatic rings. The average Bonchev–Trinajstić information content (AvgIpc) is 2.33. The fraction of sp³-hybridized carbons (Fsp3) is 0.917. The van der Waals surface area contributed by atoms with Crippen molar-refractivity contribution >= 4 is 6.09 Å². The highest BCUT2D eigenvalue weighted by Gasteiger charge is 2.32. The van der Waals surface area contributed by atoms with E-state index in [2.05, 4.69) is 0 Å². The monoisotopic (exact) mass is 295 g/mol. The molecule has 0 aliphatic heterocycles. The van der Waals surface area contributed by atoms with Gasteiger partial charge in [0.15, 0.2) is 0 Å². The van der Waals surface area contributed by atoms with Crippen molar-refractivity contribution in [1.82, 2.24) is 4.90 Å². The molecule has 8 heteroatoms. The summed E-state index contributed by atoms with van der Waals surface area (Å²) in [5.74, 6) is 0. The second-order valence-corrected chi connectivity index (χ2v) is 5.66. The molecule has 0 fully saturated rings. The number of rotatable bonds is 6. The van der Waals surface area contributed by atoms with E-state index in [9.17, 15) is 20.1 Å². The minimum absolute atomic E-state index is 0.300. The molecule has 120 valence electrons. The van der Waals surface area contributed by atoms with Crippen molar-refractivity contribution in [2.75, 3.05) is 20.2 Å². The quantitative estimate of drug-likeness (QED) is 0.394. The third kappa shape index (κ3) is 6.49. The number of hydrogen-bond acceptors (Lipinski definition) is 7. The fourth-order valence-corrected chi connectivity index (χ4v) is 1.37. The van der Waals surface area contributed by atoms with Gasteiger partial charge in [0.25, 0.3) is 0 Å². The van der Waals surface area contributed by atoms with Crippen LogP contribution in [0.1, 0.15) is 20.8 Å². The SMILES string of the molecule is CN(CC(O)C(O)C(O)C(O)CO)C(=O)OC(C)(C)C. The summed E-state index contributed by atoms with van der Waals surface area (Å²) < 4.78 is 5.05. The lowest BCUT2D eigenvalue weighted by Gasteiger charge is -2.29. The molecule has 20 heavy (non-hydrogen) atoms. The van der Waals surface area contributed by atoms with E-state index in [1.165, 1.54) is 7.05 Å². The standard InChI is InChI=1S/C12H25NO7/c1-12(2,3)20-11(19)13(4)5-7(15)9(17)10(18)8(16)6-14/h7-10,14-18H,5-6H2,1-4H3. The maximum atomic E-state index is 11.6.